The number of hydrogen-bond acceptors (Lipinski definition) is 3. The lowest BCUT2D eigenvalue weighted by Crippen LogP contribution is -2.32. The van der Waals surface area contributed by atoms with E-state index in [1.54, 1.807) is 0 Å². The Kier molecular flexibility index (Phi) is 3.52. The van der Waals surface area contributed by atoms with E-state index in [1.165, 1.54) is 0 Å². The second kappa shape index (κ2) is 5.08. The van der Waals surface area contributed by atoms with E-state index in [0.717, 1.165) is 42.9 Å². The third kappa shape index (κ3) is 2.90. The summed E-state index contributed by atoms with van der Waals surface area (Å²) in [5.41, 5.74) is 8.53. The molecule has 17 heavy (non-hydrogen) atoms. The van der Waals surface area contributed by atoms with Gasteiger partial charge in [-0.1, -0.05) is 6.07 Å². The zero-order valence-corrected chi connectivity index (χ0v) is 10.2. The van der Waals surface area contributed by atoms with Crippen LogP contribution in [0.15, 0.2) is 18.2 Å². The molecule has 0 unspecified atom stereocenters. The van der Waals surface area contributed by atoms with Crippen molar-refractivity contribution in [3.05, 3.63) is 23.8 Å². The number of anilines is 2. The van der Waals surface area contributed by atoms with E-state index in [0.29, 0.717) is 6.54 Å². The number of carbonyl (C=O) groups is 1. The summed E-state index contributed by atoms with van der Waals surface area (Å²) in [6.07, 6.45) is 2.26. The summed E-state index contributed by atoms with van der Waals surface area (Å²) in [5.74, 6) is 0.168. The number of nitrogens with zero attached hydrogens (tertiary/aromatic N) is 1. The Morgan fingerprint density at radius 1 is 1.41 bits per heavy atom. The molecule has 1 aliphatic rings. The molecular formula is C13H19N3O. The van der Waals surface area contributed by atoms with E-state index in [4.69, 9.17) is 5.73 Å². The van der Waals surface area contributed by atoms with Crippen LogP contribution in [-0.2, 0) is 4.79 Å². The van der Waals surface area contributed by atoms with Crippen molar-refractivity contribution in [3.63, 3.8) is 0 Å². The van der Waals surface area contributed by atoms with Gasteiger partial charge in [0.15, 0.2) is 0 Å². The number of aryl methyl sites for hydroxylation is 1. The fourth-order valence-corrected chi connectivity index (χ4v) is 2.01. The first-order valence-corrected chi connectivity index (χ1v) is 6.04. The molecule has 3 N–H and O–H groups in total. The Labute approximate surface area is 102 Å². The Balaban J connectivity index is 1.88. The normalized spacial score (nSPS) is 15.0. The Morgan fingerprint density at radius 3 is 2.76 bits per heavy atom. The van der Waals surface area contributed by atoms with Crippen molar-refractivity contribution in [2.24, 2.45) is 0 Å². The van der Waals surface area contributed by atoms with Gasteiger partial charge in [0.1, 0.15) is 0 Å². The second-order valence-electron chi connectivity index (χ2n) is 4.51. The number of nitrogen functional groups attached to an aromatic ring is 1. The van der Waals surface area contributed by atoms with Crippen LogP contribution in [0.4, 0.5) is 11.4 Å². The predicted octanol–water partition coefficient (Wildman–Crippen LogP) is 1.61. The zero-order chi connectivity index (χ0) is 12.3. The van der Waals surface area contributed by atoms with Gasteiger partial charge in [-0.25, -0.2) is 0 Å². The van der Waals surface area contributed by atoms with Gasteiger partial charge in [-0.3, -0.25) is 4.79 Å². The van der Waals surface area contributed by atoms with Gasteiger partial charge in [-0.15, -0.1) is 0 Å². The summed E-state index contributed by atoms with van der Waals surface area (Å²) in [6, 6.07) is 5.77. The van der Waals surface area contributed by atoms with Gasteiger partial charge >= 0.3 is 0 Å². The second-order valence-corrected chi connectivity index (χ2v) is 4.51. The van der Waals surface area contributed by atoms with Crippen molar-refractivity contribution < 1.29 is 4.79 Å². The standard InChI is InChI=1S/C13H19N3O/c1-10-4-5-11(8-12(10)14)15-9-13(17)16-6-2-3-7-16/h4-5,8,15H,2-3,6-7,9,14H2,1H3. The van der Waals surface area contributed by atoms with Crippen LogP contribution >= 0.6 is 0 Å². The molecule has 0 radical (unpaired) electrons. The van der Waals surface area contributed by atoms with Crippen LogP contribution < -0.4 is 11.1 Å². The first-order valence-electron chi connectivity index (χ1n) is 6.04. The molecule has 2 rings (SSSR count). The molecule has 92 valence electrons. The maximum Gasteiger partial charge on any atom is 0.241 e. The summed E-state index contributed by atoms with van der Waals surface area (Å²) in [4.78, 5) is 13.7. The molecule has 1 aromatic carbocycles. The molecule has 1 aromatic rings. The van der Waals surface area contributed by atoms with Gasteiger partial charge in [0, 0.05) is 24.5 Å². The van der Waals surface area contributed by atoms with Crippen molar-refractivity contribution >= 4 is 17.3 Å². The van der Waals surface area contributed by atoms with Crippen molar-refractivity contribution in [2.75, 3.05) is 30.7 Å². The lowest BCUT2D eigenvalue weighted by Gasteiger charge is -2.16. The van der Waals surface area contributed by atoms with Crippen LogP contribution in [0.1, 0.15) is 18.4 Å². The molecule has 1 aliphatic heterocycles. The minimum Gasteiger partial charge on any atom is -0.398 e. The van der Waals surface area contributed by atoms with E-state index in [-0.39, 0.29) is 5.91 Å². The lowest BCUT2D eigenvalue weighted by atomic mass is 10.2. The van der Waals surface area contributed by atoms with E-state index < -0.39 is 0 Å². The SMILES string of the molecule is Cc1ccc(NCC(=O)N2CCCC2)cc1N. The van der Waals surface area contributed by atoms with Crippen molar-refractivity contribution in [2.45, 2.75) is 19.8 Å². The third-order valence-electron chi connectivity index (χ3n) is 3.18. The summed E-state index contributed by atoms with van der Waals surface area (Å²) < 4.78 is 0. The van der Waals surface area contributed by atoms with Crippen LogP contribution in [0, 0.1) is 6.92 Å². The van der Waals surface area contributed by atoms with Gasteiger partial charge < -0.3 is 16.0 Å². The average molecular weight is 233 g/mol. The summed E-state index contributed by atoms with van der Waals surface area (Å²) in [7, 11) is 0. The highest BCUT2D eigenvalue weighted by Crippen LogP contribution is 2.17. The highest BCUT2D eigenvalue weighted by atomic mass is 16.2. The Hall–Kier alpha value is -1.71. The van der Waals surface area contributed by atoms with Crippen LogP contribution in [0.25, 0.3) is 0 Å². The first-order chi connectivity index (χ1) is 8.16. The van der Waals surface area contributed by atoms with E-state index in [2.05, 4.69) is 5.32 Å². The maximum atomic E-state index is 11.8. The summed E-state index contributed by atoms with van der Waals surface area (Å²) in [6.45, 7) is 4.12. The lowest BCUT2D eigenvalue weighted by molar-refractivity contribution is -0.128. The molecule has 0 atom stereocenters. The molecule has 1 fully saturated rings. The van der Waals surface area contributed by atoms with E-state index in [1.807, 2.05) is 30.0 Å². The molecule has 0 saturated carbocycles. The van der Waals surface area contributed by atoms with E-state index in [9.17, 15) is 4.79 Å². The highest BCUT2D eigenvalue weighted by Gasteiger charge is 2.17. The highest BCUT2D eigenvalue weighted by molar-refractivity contribution is 5.81. The number of rotatable bonds is 3. The van der Waals surface area contributed by atoms with Gasteiger partial charge in [-0.2, -0.15) is 0 Å². The number of amides is 1. The van der Waals surface area contributed by atoms with E-state index >= 15 is 0 Å². The fraction of sp³-hybridized carbons (Fsp3) is 0.462. The third-order valence-corrected chi connectivity index (χ3v) is 3.18. The molecule has 1 heterocycles. The van der Waals surface area contributed by atoms with Crippen LogP contribution in [0.3, 0.4) is 0 Å². The number of nitrogens with two attached hydrogens (primary N) is 1. The maximum absolute atomic E-state index is 11.8. The number of benzene rings is 1. The molecule has 0 bridgehead atoms. The Bertz CT molecular complexity index is 411. The smallest absolute Gasteiger partial charge is 0.241 e. The quantitative estimate of drug-likeness (QED) is 0.780. The molecule has 1 amide bonds. The number of hydrogen-bond donors (Lipinski definition) is 2. The van der Waals surface area contributed by atoms with Crippen molar-refractivity contribution in [1.29, 1.82) is 0 Å². The minimum absolute atomic E-state index is 0.168. The average Bonchev–Trinajstić information content (AvgIpc) is 2.84. The fourth-order valence-electron chi connectivity index (χ4n) is 2.01. The van der Waals surface area contributed by atoms with Crippen molar-refractivity contribution in [1.82, 2.24) is 4.90 Å². The Morgan fingerprint density at radius 2 is 2.12 bits per heavy atom. The minimum atomic E-state index is 0.168. The van der Waals surface area contributed by atoms with Gasteiger partial charge in [-0.05, 0) is 37.5 Å². The molecule has 0 aliphatic carbocycles. The number of carbonyl (C=O) groups excluding carboxylic acids is 1. The largest absolute Gasteiger partial charge is 0.398 e. The number of nitrogens with one attached hydrogen (secondary N) is 1. The molecular weight excluding hydrogens is 214 g/mol. The zero-order valence-electron chi connectivity index (χ0n) is 10.2. The van der Waals surface area contributed by atoms with Gasteiger partial charge in [0.25, 0.3) is 0 Å². The summed E-state index contributed by atoms with van der Waals surface area (Å²) >= 11 is 0. The molecule has 4 nitrogen and oxygen atoms in total. The molecule has 4 heteroatoms. The predicted molar refractivity (Wildman–Crippen MR) is 69.9 cm³/mol. The molecule has 0 spiro atoms. The topological polar surface area (TPSA) is 58.4 Å². The monoisotopic (exact) mass is 233 g/mol. The van der Waals surface area contributed by atoms with Gasteiger partial charge in [0.05, 0.1) is 6.54 Å². The van der Waals surface area contributed by atoms with Crippen LogP contribution in [0.2, 0.25) is 0 Å². The molecule has 1 saturated heterocycles. The van der Waals surface area contributed by atoms with Crippen LogP contribution in [0.5, 0.6) is 0 Å². The molecule has 0 aromatic heterocycles. The number of likely N-dealkylation sites (tertiary alicyclic amines) is 1. The van der Waals surface area contributed by atoms with Crippen molar-refractivity contribution in [3.8, 4) is 0 Å². The first kappa shape index (κ1) is 11.8. The summed E-state index contributed by atoms with van der Waals surface area (Å²) in [5, 5.41) is 3.12. The van der Waals surface area contributed by atoms with Gasteiger partial charge in [0.2, 0.25) is 5.91 Å². The van der Waals surface area contributed by atoms with Crippen LogP contribution in [-0.4, -0.2) is 30.4 Å².